The van der Waals surface area contributed by atoms with Crippen LogP contribution in [0.25, 0.3) is 0 Å². The van der Waals surface area contributed by atoms with E-state index in [4.69, 9.17) is 14.7 Å². The Bertz CT molecular complexity index is 435. The summed E-state index contributed by atoms with van der Waals surface area (Å²) < 4.78 is 10.3. The van der Waals surface area contributed by atoms with Crippen LogP contribution in [0.2, 0.25) is 0 Å². The lowest BCUT2D eigenvalue weighted by molar-refractivity contribution is 0.0522. The van der Waals surface area contributed by atoms with E-state index >= 15 is 0 Å². The fourth-order valence-electron chi connectivity index (χ4n) is 1.42. The van der Waals surface area contributed by atoms with Crippen LogP contribution >= 0.6 is 0 Å². The van der Waals surface area contributed by atoms with Crippen molar-refractivity contribution >= 4 is 5.97 Å². The third-order valence-electron chi connectivity index (χ3n) is 2.12. The van der Waals surface area contributed by atoms with E-state index in [1.165, 1.54) is 0 Å². The summed E-state index contributed by atoms with van der Waals surface area (Å²) in [4.78, 5) is 11.6. The van der Waals surface area contributed by atoms with Crippen LogP contribution in [0, 0.1) is 11.3 Å². The van der Waals surface area contributed by atoms with Gasteiger partial charge < -0.3 is 9.47 Å². The van der Waals surface area contributed by atoms with Crippen LogP contribution in [-0.4, -0.2) is 19.2 Å². The Morgan fingerprint density at radius 3 is 2.71 bits per heavy atom. The van der Waals surface area contributed by atoms with Gasteiger partial charge in [-0.05, 0) is 31.5 Å². The Balaban J connectivity index is 3.04. The van der Waals surface area contributed by atoms with Crippen LogP contribution in [0.5, 0.6) is 5.75 Å². The average Bonchev–Trinajstić information content (AvgIpc) is 2.30. The molecule has 0 spiro atoms. The van der Waals surface area contributed by atoms with Gasteiger partial charge in [0.25, 0.3) is 0 Å². The van der Waals surface area contributed by atoms with Crippen molar-refractivity contribution in [3.63, 3.8) is 0 Å². The summed E-state index contributed by atoms with van der Waals surface area (Å²) in [5.41, 5.74) is 1.22. The topological polar surface area (TPSA) is 59.3 Å². The molecule has 1 rings (SSSR count). The minimum absolute atomic E-state index is 0.295. The van der Waals surface area contributed by atoms with Gasteiger partial charge >= 0.3 is 5.97 Å². The van der Waals surface area contributed by atoms with Crippen molar-refractivity contribution in [2.75, 3.05) is 13.2 Å². The lowest BCUT2D eigenvalue weighted by Crippen LogP contribution is -2.08. The summed E-state index contributed by atoms with van der Waals surface area (Å²) in [5, 5.41) is 8.62. The Labute approximate surface area is 101 Å². The Hall–Kier alpha value is -2.02. The first-order valence-electron chi connectivity index (χ1n) is 5.52. The second kappa shape index (κ2) is 6.54. The van der Waals surface area contributed by atoms with Gasteiger partial charge in [-0.1, -0.05) is 6.07 Å². The molecule has 0 heterocycles. The molecule has 0 N–H and O–H groups in total. The molecule has 0 saturated heterocycles. The highest BCUT2D eigenvalue weighted by atomic mass is 16.5. The van der Waals surface area contributed by atoms with Crippen molar-refractivity contribution in [2.24, 2.45) is 0 Å². The lowest BCUT2D eigenvalue weighted by atomic mass is 10.1. The smallest absolute Gasteiger partial charge is 0.341 e. The summed E-state index contributed by atoms with van der Waals surface area (Å²) in [6.07, 6.45) is 0.295. The van der Waals surface area contributed by atoms with Gasteiger partial charge in [0.15, 0.2) is 0 Å². The van der Waals surface area contributed by atoms with Gasteiger partial charge in [-0.15, -0.1) is 0 Å². The molecule has 4 nitrogen and oxygen atoms in total. The summed E-state index contributed by atoms with van der Waals surface area (Å²) in [5.74, 6) is 0.0677. The fraction of sp³-hybridized carbons (Fsp3) is 0.385. The quantitative estimate of drug-likeness (QED) is 0.732. The van der Waals surface area contributed by atoms with Gasteiger partial charge in [-0.25, -0.2) is 4.79 Å². The molecule has 0 atom stereocenters. The van der Waals surface area contributed by atoms with E-state index in [1.807, 2.05) is 6.92 Å². The number of hydrogen-bond donors (Lipinski definition) is 0. The number of carbonyl (C=O) groups excluding carboxylic acids is 1. The van der Waals surface area contributed by atoms with Crippen molar-refractivity contribution in [1.29, 1.82) is 5.26 Å². The van der Waals surface area contributed by atoms with E-state index in [1.54, 1.807) is 25.1 Å². The number of benzene rings is 1. The highest BCUT2D eigenvalue weighted by Crippen LogP contribution is 2.22. The largest absolute Gasteiger partial charge is 0.493 e. The van der Waals surface area contributed by atoms with Crippen LogP contribution in [0.15, 0.2) is 18.2 Å². The van der Waals surface area contributed by atoms with E-state index in [0.717, 1.165) is 5.56 Å². The molecule has 0 aromatic heterocycles. The van der Waals surface area contributed by atoms with Gasteiger partial charge in [0.2, 0.25) is 0 Å². The number of esters is 1. The molecule has 0 aliphatic carbocycles. The lowest BCUT2D eigenvalue weighted by Gasteiger charge is -2.10. The number of carbonyl (C=O) groups is 1. The Kier molecular flexibility index (Phi) is 5.02. The molecule has 0 amide bonds. The molecule has 0 saturated carbocycles. The van der Waals surface area contributed by atoms with E-state index < -0.39 is 5.97 Å². The van der Waals surface area contributed by atoms with E-state index in [0.29, 0.717) is 30.9 Å². The maximum atomic E-state index is 11.6. The number of ether oxygens (including phenoxy) is 2. The molecule has 90 valence electrons. The maximum Gasteiger partial charge on any atom is 0.341 e. The zero-order valence-electron chi connectivity index (χ0n) is 10.0. The van der Waals surface area contributed by atoms with Crippen LogP contribution < -0.4 is 4.74 Å². The SMILES string of the molecule is CCOC(=O)c1ccc(CC#N)cc1OCC. The first kappa shape index (κ1) is 13.0. The Morgan fingerprint density at radius 1 is 1.35 bits per heavy atom. The standard InChI is InChI=1S/C13H15NO3/c1-3-16-12-9-10(7-8-14)5-6-11(12)13(15)17-4-2/h5-6,9H,3-4,7H2,1-2H3. The van der Waals surface area contributed by atoms with Crippen LogP contribution in [0.3, 0.4) is 0 Å². The van der Waals surface area contributed by atoms with E-state index in [-0.39, 0.29) is 0 Å². The average molecular weight is 233 g/mol. The first-order valence-corrected chi connectivity index (χ1v) is 5.52. The van der Waals surface area contributed by atoms with Crippen molar-refractivity contribution in [2.45, 2.75) is 20.3 Å². The highest BCUT2D eigenvalue weighted by Gasteiger charge is 2.14. The van der Waals surface area contributed by atoms with Crippen LogP contribution in [0.1, 0.15) is 29.8 Å². The second-order valence-electron chi connectivity index (χ2n) is 3.32. The van der Waals surface area contributed by atoms with Gasteiger partial charge in [0.05, 0.1) is 25.7 Å². The fourth-order valence-corrected chi connectivity index (χ4v) is 1.42. The molecular weight excluding hydrogens is 218 g/mol. The Morgan fingerprint density at radius 2 is 2.12 bits per heavy atom. The van der Waals surface area contributed by atoms with Gasteiger partial charge in [-0.2, -0.15) is 5.26 Å². The maximum absolute atomic E-state index is 11.6. The predicted molar refractivity (Wildman–Crippen MR) is 62.9 cm³/mol. The molecule has 0 aliphatic rings. The molecule has 0 radical (unpaired) electrons. The number of rotatable bonds is 5. The van der Waals surface area contributed by atoms with Crippen LogP contribution in [-0.2, 0) is 11.2 Å². The minimum Gasteiger partial charge on any atom is -0.493 e. The second-order valence-corrected chi connectivity index (χ2v) is 3.32. The van der Waals surface area contributed by atoms with Crippen molar-refractivity contribution in [1.82, 2.24) is 0 Å². The van der Waals surface area contributed by atoms with Crippen molar-refractivity contribution in [3.8, 4) is 11.8 Å². The van der Waals surface area contributed by atoms with Crippen molar-refractivity contribution < 1.29 is 14.3 Å². The molecule has 0 fully saturated rings. The van der Waals surface area contributed by atoms with E-state index in [9.17, 15) is 4.79 Å². The molecule has 4 heteroatoms. The molecule has 0 bridgehead atoms. The molecule has 0 unspecified atom stereocenters. The third kappa shape index (κ3) is 3.49. The highest BCUT2D eigenvalue weighted by molar-refractivity contribution is 5.92. The predicted octanol–water partition coefficient (Wildman–Crippen LogP) is 2.33. The molecule has 17 heavy (non-hydrogen) atoms. The number of nitriles is 1. The van der Waals surface area contributed by atoms with Gasteiger partial charge in [0, 0.05) is 0 Å². The number of nitrogens with zero attached hydrogens (tertiary/aromatic N) is 1. The normalized spacial score (nSPS) is 9.47. The molecule has 1 aromatic carbocycles. The minimum atomic E-state index is -0.403. The van der Waals surface area contributed by atoms with Crippen molar-refractivity contribution in [3.05, 3.63) is 29.3 Å². The number of hydrogen-bond acceptors (Lipinski definition) is 4. The summed E-state index contributed by atoms with van der Waals surface area (Å²) in [6, 6.07) is 7.13. The zero-order valence-corrected chi connectivity index (χ0v) is 10.0. The summed E-state index contributed by atoms with van der Waals surface area (Å²) in [7, 11) is 0. The molecular formula is C13H15NO3. The first-order chi connectivity index (χ1) is 8.22. The third-order valence-corrected chi connectivity index (χ3v) is 2.12. The van der Waals surface area contributed by atoms with Gasteiger partial charge in [-0.3, -0.25) is 0 Å². The molecule has 0 aliphatic heterocycles. The summed E-state index contributed by atoms with van der Waals surface area (Å²) >= 11 is 0. The van der Waals surface area contributed by atoms with Gasteiger partial charge in [0.1, 0.15) is 11.3 Å². The molecule has 1 aromatic rings. The summed E-state index contributed by atoms with van der Waals surface area (Å²) in [6.45, 7) is 4.38. The monoisotopic (exact) mass is 233 g/mol. The van der Waals surface area contributed by atoms with E-state index in [2.05, 4.69) is 6.07 Å². The zero-order chi connectivity index (χ0) is 12.7. The van der Waals surface area contributed by atoms with Crippen LogP contribution in [0.4, 0.5) is 0 Å².